The molecule has 0 saturated carbocycles. The Hall–Kier alpha value is -1.45. The van der Waals surface area contributed by atoms with E-state index >= 15 is 0 Å². The summed E-state index contributed by atoms with van der Waals surface area (Å²) in [4.78, 5) is 13.0. The van der Waals surface area contributed by atoms with Crippen molar-refractivity contribution in [2.45, 2.75) is 6.42 Å². The summed E-state index contributed by atoms with van der Waals surface area (Å²) in [6.45, 7) is 0.552. The maximum atomic E-state index is 12.9. The summed E-state index contributed by atoms with van der Waals surface area (Å²) in [5.41, 5.74) is 0.865. The molecule has 1 aromatic carbocycles. The predicted octanol–water partition coefficient (Wildman–Crippen LogP) is 1.59. The largest absolute Gasteiger partial charge is 0.341 e. The molecule has 0 N–H and O–H groups in total. The smallest absolute Gasteiger partial charge is 0.253 e. The van der Waals surface area contributed by atoms with Gasteiger partial charge in [0, 0.05) is 19.2 Å². The third-order valence-electron chi connectivity index (χ3n) is 2.44. The van der Waals surface area contributed by atoms with E-state index in [0.29, 0.717) is 18.5 Å². The molecule has 0 fully saturated rings. The lowest BCUT2D eigenvalue weighted by Gasteiger charge is -2.24. The molecule has 0 aromatic heterocycles. The minimum atomic E-state index is -0.965. The normalized spacial score (nSPS) is 15.6. The first-order valence-electron chi connectivity index (χ1n) is 4.33. The molecule has 2 rings (SSSR count). The topological polar surface area (TPSA) is 20.3 Å². The van der Waals surface area contributed by atoms with Gasteiger partial charge >= 0.3 is 0 Å². The molecule has 1 aliphatic heterocycles. The lowest BCUT2D eigenvalue weighted by Crippen LogP contribution is -2.34. The van der Waals surface area contributed by atoms with Crippen LogP contribution in [0.3, 0.4) is 0 Å². The van der Waals surface area contributed by atoms with Crippen molar-refractivity contribution >= 4 is 5.91 Å². The van der Waals surface area contributed by atoms with E-state index in [1.165, 1.54) is 4.90 Å². The summed E-state index contributed by atoms with van der Waals surface area (Å²) in [7, 11) is 1.65. The Bertz CT molecular complexity index is 403. The van der Waals surface area contributed by atoms with E-state index in [2.05, 4.69) is 0 Å². The highest BCUT2D eigenvalue weighted by molar-refractivity contribution is 5.96. The van der Waals surface area contributed by atoms with Crippen LogP contribution in [-0.2, 0) is 6.42 Å². The number of rotatable bonds is 0. The molecule has 1 aromatic rings. The number of hydrogen-bond donors (Lipinski definition) is 0. The second-order valence-corrected chi connectivity index (χ2v) is 3.40. The zero-order valence-corrected chi connectivity index (χ0v) is 7.68. The van der Waals surface area contributed by atoms with Gasteiger partial charge in [-0.15, -0.1) is 0 Å². The number of carbonyl (C=O) groups is 1. The van der Waals surface area contributed by atoms with Gasteiger partial charge in [-0.1, -0.05) is 0 Å². The third kappa shape index (κ3) is 1.27. The van der Waals surface area contributed by atoms with Gasteiger partial charge in [-0.3, -0.25) is 4.79 Å². The molecule has 0 spiro atoms. The van der Waals surface area contributed by atoms with Gasteiger partial charge < -0.3 is 4.90 Å². The summed E-state index contributed by atoms with van der Waals surface area (Å²) in [5, 5.41) is 0. The van der Waals surface area contributed by atoms with Crippen LogP contribution in [0.25, 0.3) is 0 Å². The monoisotopic (exact) mass is 197 g/mol. The van der Waals surface area contributed by atoms with Crippen molar-refractivity contribution in [1.82, 2.24) is 4.90 Å². The van der Waals surface area contributed by atoms with Crippen molar-refractivity contribution in [2.24, 2.45) is 0 Å². The molecule has 1 aliphatic rings. The minimum absolute atomic E-state index is 0.245. The van der Waals surface area contributed by atoms with Crippen LogP contribution >= 0.6 is 0 Å². The highest BCUT2D eigenvalue weighted by Gasteiger charge is 2.23. The van der Waals surface area contributed by atoms with Crippen molar-refractivity contribution in [3.05, 3.63) is 34.9 Å². The average Bonchev–Trinajstić information content (AvgIpc) is 2.15. The molecular weight excluding hydrogens is 188 g/mol. The van der Waals surface area contributed by atoms with Crippen molar-refractivity contribution in [3.8, 4) is 0 Å². The van der Waals surface area contributed by atoms with Crippen LogP contribution in [0.15, 0.2) is 12.1 Å². The molecule has 0 radical (unpaired) electrons. The highest BCUT2D eigenvalue weighted by atomic mass is 19.2. The molecule has 0 unspecified atom stereocenters. The Balaban J connectivity index is 2.56. The maximum absolute atomic E-state index is 12.9. The standard InChI is InChI=1S/C10H9F2NO/c1-13-3-2-6-4-8(11)9(12)5-7(6)10(13)14/h4-5H,2-3H2,1H3. The molecular formula is C10H9F2NO. The third-order valence-corrected chi connectivity index (χ3v) is 2.44. The Labute approximate surface area is 80.1 Å². The fraction of sp³-hybridized carbons (Fsp3) is 0.300. The molecule has 14 heavy (non-hydrogen) atoms. The fourth-order valence-corrected chi connectivity index (χ4v) is 1.59. The number of fused-ring (bicyclic) bond motifs is 1. The number of benzene rings is 1. The fourth-order valence-electron chi connectivity index (χ4n) is 1.59. The van der Waals surface area contributed by atoms with E-state index in [1.54, 1.807) is 7.05 Å². The Morgan fingerprint density at radius 2 is 1.93 bits per heavy atom. The molecule has 2 nitrogen and oxygen atoms in total. The number of hydrogen-bond acceptors (Lipinski definition) is 1. The molecule has 1 amide bonds. The van der Waals surface area contributed by atoms with Crippen molar-refractivity contribution in [1.29, 1.82) is 0 Å². The molecule has 0 saturated heterocycles. The van der Waals surface area contributed by atoms with E-state index in [4.69, 9.17) is 0 Å². The van der Waals surface area contributed by atoms with E-state index in [9.17, 15) is 13.6 Å². The molecule has 74 valence electrons. The Kier molecular flexibility index (Phi) is 1.98. The van der Waals surface area contributed by atoms with Gasteiger partial charge in [-0.25, -0.2) is 8.78 Å². The van der Waals surface area contributed by atoms with Gasteiger partial charge in [0.2, 0.25) is 0 Å². The van der Waals surface area contributed by atoms with E-state index in [1.807, 2.05) is 0 Å². The van der Waals surface area contributed by atoms with Gasteiger partial charge in [-0.2, -0.15) is 0 Å². The average molecular weight is 197 g/mol. The van der Waals surface area contributed by atoms with Gasteiger partial charge in [0.1, 0.15) is 0 Å². The maximum Gasteiger partial charge on any atom is 0.253 e. The van der Waals surface area contributed by atoms with E-state index in [-0.39, 0.29) is 11.5 Å². The summed E-state index contributed by atoms with van der Waals surface area (Å²) in [6, 6.07) is 2.08. The number of halogens is 2. The first-order valence-corrected chi connectivity index (χ1v) is 4.33. The Morgan fingerprint density at radius 1 is 1.29 bits per heavy atom. The van der Waals surface area contributed by atoms with Crippen molar-refractivity contribution in [3.63, 3.8) is 0 Å². The van der Waals surface area contributed by atoms with Crippen LogP contribution < -0.4 is 0 Å². The molecule has 1 heterocycles. The summed E-state index contributed by atoms with van der Waals surface area (Å²) in [6.07, 6.45) is 0.578. The van der Waals surface area contributed by atoms with Crippen LogP contribution in [0, 0.1) is 11.6 Å². The van der Waals surface area contributed by atoms with Gasteiger partial charge in [0.05, 0.1) is 0 Å². The number of amides is 1. The van der Waals surface area contributed by atoms with Crippen molar-refractivity contribution in [2.75, 3.05) is 13.6 Å². The number of likely N-dealkylation sites (N-methyl/N-ethyl adjacent to an activating group) is 1. The van der Waals surface area contributed by atoms with Crippen LogP contribution in [0.4, 0.5) is 8.78 Å². The first-order chi connectivity index (χ1) is 6.59. The number of nitrogens with zero attached hydrogens (tertiary/aromatic N) is 1. The lowest BCUT2D eigenvalue weighted by atomic mass is 9.99. The second-order valence-electron chi connectivity index (χ2n) is 3.40. The molecule has 0 aliphatic carbocycles. The summed E-state index contributed by atoms with van der Waals surface area (Å²) >= 11 is 0. The van der Waals surface area contributed by atoms with Crippen LogP contribution in [-0.4, -0.2) is 24.4 Å². The van der Waals surface area contributed by atoms with Gasteiger partial charge in [0.15, 0.2) is 11.6 Å². The second kappa shape index (κ2) is 3.04. The van der Waals surface area contributed by atoms with E-state index in [0.717, 1.165) is 12.1 Å². The highest BCUT2D eigenvalue weighted by Crippen LogP contribution is 2.20. The van der Waals surface area contributed by atoms with E-state index < -0.39 is 11.6 Å². The van der Waals surface area contributed by atoms with Crippen LogP contribution in [0.2, 0.25) is 0 Å². The molecule has 4 heteroatoms. The Morgan fingerprint density at radius 3 is 2.64 bits per heavy atom. The minimum Gasteiger partial charge on any atom is -0.341 e. The molecule has 0 atom stereocenters. The predicted molar refractivity (Wildman–Crippen MR) is 47.0 cm³/mol. The van der Waals surface area contributed by atoms with Crippen LogP contribution in [0.5, 0.6) is 0 Å². The zero-order chi connectivity index (χ0) is 10.3. The van der Waals surface area contributed by atoms with Gasteiger partial charge in [-0.05, 0) is 24.1 Å². The first kappa shape index (κ1) is 9.12. The number of carbonyl (C=O) groups excluding carboxylic acids is 1. The SMILES string of the molecule is CN1CCc2cc(F)c(F)cc2C1=O. The van der Waals surface area contributed by atoms with Crippen LogP contribution in [0.1, 0.15) is 15.9 Å². The quantitative estimate of drug-likeness (QED) is 0.618. The van der Waals surface area contributed by atoms with Crippen molar-refractivity contribution < 1.29 is 13.6 Å². The summed E-state index contributed by atoms with van der Waals surface area (Å²) < 4.78 is 25.7. The molecule has 0 bridgehead atoms. The zero-order valence-electron chi connectivity index (χ0n) is 7.68. The lowest BCUT2D eigenvalue weighted by molar-refractivity contribution is 0.0780. The van der Waals surface area contributed by atoms with Gasteiger partial charge in [0.25, 0.3) is 5.91 Å². The summed E-state index contributed by atoms with van der Waals surface area (Å²) in [5.74, 6) is -2.10.